The summed E-state index contributed by atoms with van der Waals surface area (Å²) in [6.45, 7) is 1.16. The highest BCUT2D eigenvalue weighted by atomic mass is 127. The van der Waals surface area contributed by atoms with Crippen molar-refractivity contribution >= 4 is 35.8 Å². The molecule has 0 aromatic heterocycles. The molecule has 0 fully saturated rings. The summed E-state index contributed by atoms with van der Waals surface area (Å²) in [4.78, 5) is 17.6. The van der Waals surface area contributed by atoms with E-state index in [9.17, 15) is 9.18 Å². The van der Waals surface area contributed by atoms with Crippen molar-refractivity contribution in [2.75, 3.05) is 27.7 Å². The first-order valence-electron chi connectivity index (χ1n) is 8.49. The maximum absolute atomic E-state index is 13.6. The van der Waals surface area contributed by atoms with E-state index in [4.69, 9.17) is 0 Å². The van der Waals surface area contributed by atoms with Gasteiger partial charge in [0.2, 0.25) is 0 Å². The second-order valence-corrected chi connectivity index (χ2v) is 6.09. The van der Waals surface area contributed by atoms with Gasteiger partial charge in [-0.25, -0.2) is 4.39 Å². The van der Waals surface area contributed by atoms with E-state index in [0.29, 0.717) is 36.6 Å². The minimum Gasteiger partial charge on any atom is -0.356 e. The molecule has 5 nitrogen and oxygen atoms in total. The van der Waals surface area contributed by atoms with Crippen molar-refractivity contribution in [2.24, 2.45) is 4.99 Å². The van der Waals surface area contributed by atoms with E-state index in [2.05, 4.69) is 15.6 Å². The molecule has 0 radical (unpaired) electrons. The van der Waals surface area contributed by atoms with Gasteiger partial charge in [0, 0.05) is 39.8 Å². The van der Waals surface area contributed by atoms with Gasteiger partial charge in [0.1, 0.15) is 5.82 Å². The van der Waals surface area contributed by atoms with Gasteiger partial charge in [0.15, 0.2) is 5.96 Å². The SMILES string of the molecule is CN=C(NCCc1ccccc1F)NCc1ccc(C(=O)N(C)C)cc1.I. The van der Waals surface area contributed by atoms with Crippen molar-refractivity contribution in [1.82, 2.24) is 15.5 Å². The van der Waals surface area contributed by atoms with E-state index in [-0.39, 0.29) is 35.7 Å². The zero-order valence-electron chi connectivity index (χ0n) is 15.8. The highest BCUT2D eigenvalue weighted by molar-refractivity contribution is 14.0. The smallest absolute Gasteiger partial charge is 0.253 e. The van der Waals surface area contributed by atoms with Crippen molar-refractivity contribution in [1.29, 1.82) is 0 Å². The third-order valence-corrected chi connectivity index (χ3v) is 3.94. The summed E-state index contributed by atoms with van der Waals surface area (Å²) >= 11 is 0. The predicted molar refractivity (Wildman–Crippen MR) is 118 cm³/mol. The normalized spacial score (nSPS) is 10.7. The second-order valence-electron chi connectivity index (χ2n) is 6.09. The van der Waals surface area contributed by atoms with Gasteiger partial charge in [-0.3, -0.25) is 9.79 Å². The number of aliphatic imine (C=N–C) groups is 1. The van der Waals surface area contributed by atoms with Crippen LogP contribution in [0, 0.1) is 5.82 Å². The van der Waals surface area contributed by atoms with E-state index < -0.39 is 0 Å². The number of amides is 1. The number of hydrogen-bond acceptors (Lipinski definition) is 2. The lowest BCUT2D eigenvalue weighted by molar-refractivity contribution is 0.0827. The van der Waals surface area contributed by atoms with E-state index in [1.54, 1.807) is 38.2 Å². The van der Waals surface area contributed by atoms with Crippen LogP contribution in [0.3, 0.4) is 0 Å². The number of guanidine groups is 1. The quantitative estimate of drug-likeness (QED) is 0.377. The molecule has 2 aromatic carbocycles. The first-order valence-corrected chi connectivity index (χ1v) is 8.49. The molecule has 0 saturated heterocycles. The monoisotopic (exact) mass is 484 g/mol. The summed E-state index contributed by atoms with van der Waals surface area (Å²) in [5, 5.41) is 6.38. The number of nitrogens with zero attached hydrogens (tertiary/aromatic N) is 2. The maximum atomic E-state index is 13.6. The summed E-state index contributed by atoms with van der Waals surface area (Å²) < 4.78 is 13.6. The largest absolute Gasteiger partial charge is 0.356 e. The molecule has 7 heteroatoms. The Labute approximate surface area is 177 Å². The average molecular weight is 484 g/mol. The molecule has 0 aliphatic carbocycles. The second kappa shape index (κ2) is 11.5. The molecule has 27 heavy (non-hydrogen) atoms. The van der Waals surface area contributed by atoms with Crippen molar-refractivity contribution in [2.45, 2.75) is 13.0 Å². The van der Waals surface area contributed by atoms with Gasteiger partial charge in [0.25, 0.3) is 5.91 Å². The van der Waals surface area contributed by atoms with Crippen LogP contribution >= 0.6 is 24.0 Å². The number of benzene rings is 2. The number of carbonyl (C=O) groups excluding carboxylic acids is 1. The Bertz CT molecular complexity index is 763. The van der Waals surface area contributed by atoms with Gasteiger partial charge in [-0.1, -0.05) is 30.3 Å². The van der Waals surface area contributed by atoms with Crippen LogP contribution in [0.25, 0.3) is 0 Å². The Morgan fingerprint density at radius 1 is 1.07 bits per heavy atom. The van der Waals surface area contributed by atoms with Crippen LogP contribution in [0.1, 0.15) is 21.5 Å². The highest BCUT2D eigenvalue weighted by Gasteiger charge is 2.07. The van der Waals surface area contributed by atoms with Crippen molar-refractivity contribution in [3.63, 3.8) is 0 Å². The van der Waals surface area contributed by atoms with E-state index in [0.717, 1.165) is 5.56 Å². The first kappa shape index (κ1) is 22.9. The molecule has 0 saturated carbocycles. The topological polar surface area (TPSA) is 56.7 Å². The molecular weight excluding hydrogens is 458 g/mol. The molecule has 2 aromatic rings. The highest BCUT2D eigenvalue weighted by Crippen LogP contribution is 2.07. The average Bonchev–Trinajstić information content (AvgIpc) is 2.65. The fraction of sp³-hybridized carbons (Fsp3) is 0.300. The number of hydrogen-bond donors (Lipinski definition) is 2. The number of halogens is 2. The van der Waals surface area contributed by atoms with Crippen LogP contribution in [0.5, 0.6) is 0 Å². The lowest BCUT2D eigenvalue weighted by Gasteiger charge is -2.13. The first-order chi connectivity index (χ1) is 12.5. The van der Waals surface area contributed by atoms with Crippen LogP contribution < -0.4 is 10.6 Å². The van der Waals surface area contributed by atoms with Crippen LogP contribution in [-0.2, 0) is 13.0 Å². The van der Waals surface area contributed by atoms with Gasteiger partial charge in [-0.15, -0.1) is 24.0 Å². The zero-order valence-corrected chi connectivity index (χ0v) is 18.2. The molecule has 2 N–H and O–H groups in total. The van der Waals surface area contributed by atoms with E-state index >= 15 is 0 Å². The Kier molecular flexibility index (Phi) is 9.77. The molecule has 1 amide bonds. The van der Waals surface area contributed by atoms with Crippen LogP contribution in [0.2, 0.25) is 0 Å². The van der Waals surface area contributed by atoms with Crippen LogP contribution in [0.15, 0.2) is 53.5 Å². The van der Waals surface area contributed by atoms with E-state index in [1.165, 1.54) is 6.07 Å². The molecule has 2 rings (SSSR count). The van der Waals surface area contributed by atoms with Gasteiger partial charge >= 0.3 is 0 Å². The van der Waals surface area contributed by atoms with Gasteiger partial charge < -0.3 is 15.5 Å². The zero-order chi connectivity index (χ0) is 18.9. The molecule has 0 spiro atoms. The summed E-state index contributed by atoms with van der Waals surface area (Å²) in [6, 6.07) is 14.2. The predicted octanol–water partition coefficient (Wildman–Crippen LogP) is 3.05. The molecule has 0 bridgehead atoms. The summed E-state index contributed by atoms with van der Waals surface area (Å²) in [6.07, 6.45) is 0.578. The molecular formula is C20H26FIN4O. The Morgan fingerprint density at radius 3 is 2.33 bits per heavy atom. The van der Waals surface area contributed by atoms with Crippen molar-refractivity contribution < 1.29 is 9.18 Å². The van der Waals surface area contributed by atoms with Crippen molar-refractivity contribution in [3.8, 4) is 0 Å². The third-order valence-electron chi connectivity index (χ3n) is 3.94. The Balaban J connectivity index is 0.00000364. The molecule has 0 aliphatic heterocycles. The third kappa shape index (κ3) is 7.16. The van der Waals surface area contributed by atoms with Crippen LogP contribution in [-0.4, -0.2) is 44.5 Å². The van der Waals surface area contributed by atoms with Crippen LogP contribution in [0.4, 0.5) is 4.39 Å². The number of nitrogens with one attached hydrogen (secondary N) is 2. The Morgan fingerprint density at radius 2 is 1.74 bits per heavy atom. The van der Waals surface area contributed by atoms with E-state index in [1.807, 2.05) is 30.3 Å². The lowest BCUT2D eigenvalue weighted by Crippen LogP contribution is -2.37. The summed E-state index contributed by atoms with van der Waals surface area (Å²) in [5.41, 5.74) is 2.38. The van der Waals surface area contributed by atoms with Gasteiger partial charge in [0.05, 0.1) is 0 Å². The lowest BCUT2D eigenvalue weighted by atomic mass is 10.1. The number of carbonyl (C=O) groups is 1. The minimum absolute atomic E-state index is 0. The molecule has 0 aliphatic rings. The molecule has 146 valence electrons. The fourth-order valence-electron chi connectivity index (χ4n) is 2.45. The standard InChI is InChI=1S/C20H25FN4O.HI/c1-22-20(23-13-12-16-6-4-5-7-18(16)21)24-14-15-8-10-17(11-9-15)19(26)25(2)3;/h4-11H,12-14H2,1-3H3,(H2,22,23,24);1H. The molecule has 0 unspecified atom stereocenters. The fourth-order valence-corrected chi connectivity index (χ4v) is 2.45. The maximum Gasteiger partial charge on any atom is 0.253 e. The van der Waals surface area contributed by atoms with Gasteiger partial charge in [-0.2, -0.15) is 0 Å². The van der Waals surface area contributed by atoms with Gasteiger partial charge in [-0.05, 0) is 35.7 Å². The summed E-state index contributed by atoms with van der Waals surface area (Å²) in [5.74, 6) is 0.439. The summed E-state index contributed by atoms with van der Waals surface area (Å²) in [7, 11) is 5.15. The number of rotatable bonds is 6. The minimum atomic E-state index is -0.190. The molecule has 0 atom stereocenters. The Hall–Kier alpha value is -2.16. The van der Waals surface area contributed by atoms with Crippen molar-refractivity contribution in [3.05, 3.63) is 71.0 Å². The molecule has 0 heterocycles.